The van der Waals surface area contributed by atoms with E-state index in [1.165, 1.54) is 12.5 Å². The summed E-state index contributed by atoms with van der Waals surface area (Å²) in [6.07, 6.45) is 5.46. The number of aromatic nitrogens is 5. The summed E-state index contributed by atoms with van der Waals surface area (Å²) in [5.41, 5.74) is 1.81. The van der Waals surface area contributed by atoms with Gasteiger partial charge in [-0.2, -0.15) is 4.39 Å². The van der Waals surface area contributed by atoms with Crippen LogP contribution < -0.4 is 10.6 Å². The summed E-state index contributed by atoms with van der Waals surface area (Å²) in [6.45, 7) is 5.42. The van der Waals surface area contributed by atoms with Gasteiger partial charge >= 0.3 is 0 Å². The van der Waals surface area contributed by atoms with Crippen molar-refractivity contribution in [3.8, 4) is 11.4 Å². The molecule has 3 heterocycles. The van der Waals surface area contributed by atoms with Crippen molar-refractivity contribution >= 4 is 37.9 Å². The van der Waals surface area contributed by atoms with Crippen molar-refractivity contribution in [2.24, 2.45) is 12.9 Å². The van der Waals surface area contributed by atoms with Crippen molar-refractivity contribution < 1.29 is 16.9 Å². The van der Waals surface area contributed by atoms with Gasteiger partial charge in [-0.3, -0.25) is 4.68 Å². The van der Waals surface area contributed by atoms with Crippen LogP contribution in [0.5, 0.6) is 0 Å². The number of nitrogens with one attached hydrogen (secondary N) is 2. The standard InChI is InChI=1S/C26H32FN7O2S/c1-15(2)18-7-8-22(30-17(4)16(3)14-37(6,35)36)20-12-29-24(11-19(18)20)31-23-9-10-28-26(32-23)21-13-34(5)33-25(21)27/h7-13,15-17,30H,14H2,1-6H3,(H,28,29,31,32)/t16-,17-/m1/s1/i5D3. The lowest BCUT2D eigenvalue weighted by atomic mass is 9.95. The van der Waals surface area contributed by atoms with Gasteiger partial charge in [-0.1, -0.05) is 26.8 Å². The zero-order valence-corrected chi connectivity index (χ0v) is 22.1. The highest BCUT2D eigenvalue weighted by Crippen LogP contribution is 2.33. The van der Waals surface area contributed by atoms with Crippen LogP contribution in [-0.4, -0.2) is 51.2 Å². The second kappa shape index (κ2) is 10.4. The van der Waals surface area contributed by atoms with E-state index in [4.69, 9.17) is 4.11 Å². The van der Waals surface area contributed by atoms with Gasteiger partial charge in [0, 0.05) is 53.0 Å². The maximum atomic E-state index is 14.4. The molecule has 0 aliphatic carbocycles. The fraction of sp³-hybridized carbons (Fsp3) is 0.385. The Bertz CT molecular complexity index is 1640. The molecule has 9 nitrogen and oxygen atoms in total. The summed E-state index contributed by atoms with van der Waals surface area (Å²) < 4.78 is 60.8. The summed E-state index contributed by atoms with van der Waals surface area (Å²) in [5, 5.41) is 11.9. The van der Waals surface area contributed by atoms with Gasteiger partial charge in [0.25, 0.3) is 0 Å². The number of nitrogens with zero attached hydrogens (tertiary/aromatic N) is 5. The number of halogens is 1. The van der Waals surface area contributed by atoms with Crippen molar-refractivity contribution in [2.45, 2.75) is 39.7 Å². The molecule has 0 bridgehead atoms. The second-order valence-electron chi connectivity index (χ2n) is 9.64. The van der Waals surface area contributed by atoms with Gasteiger partial charge in [0.2, 0.25) is 5.95 Å². The van der Waals surface area contributed by atoms with E-state index in [1.807, 2.05) is 32.0 Å². The Morgan fingerprint density at radius 3 is 2.57 bits per heavy atom. The molecular formula is C26H32FN7O2S. The highest BCUT2D eigenvalue weighted by atomic mass is 32.2. The first-order valence-electron chi connectivity index (χ1n) is 13.4. The molecule has 3 aromatic heterocycles. The van der Waals surface area contributed by atoms with Crippen molar-refractivity contribution in [1.29, 1.82) is 0 Å². The maximum Gasteiger partial charge on any atom is 0.243 e. The van der Waals surface area contributed by atoms with Crippen LogP contribution in [0.15, 0.2) is 42.9 Å². The number of sulfone groups is 1. The molecule has 0 saturated heterocycles. The molecule has 196 valence electrons. The first kappa shape index (κ1) is 22.6. The molecule has 0 fully saturated rings. The molecule has 0 spiro atoms. The molecule has 0 aliphatic heterocycles. The minimum absolute atomic E-state index is 0.0228. The third kappa shape index (κ3) is 6.22. The quantitative estimate of drug-likeness (QED) is 0.315. The number of aryl methyl sites for hydroxylation is 1. The predicted molar refractivity (Wildman–Crippen MR) is 145 cm³/mol. The summed E-state index contributed by atoms with van der Waals surface area (Å²) in [5.74, 6) is 0.0141. The molecule has 11 heteroatoms. The van der Waals surface area contributed by atoms with Gasteiger partial charge in [-0.15, -0.1) is 5.10 Å². The van der Waals surface area contributed by atoms with Crippen LogP contribution in [0.25, 0.3) is 22.2 Å². The van der Waals surface area contributed by atoms with Gasteiger partial charge in [0.1, 0.15) is 21.5 Å². The predicted octanol–water partition coefficient (Wildman–Crippen LogP) is 4.91. The fourth-order valence-corrected chi connectivity index (χ4v) is 5.40. The number of anilines is 3. The molecule has 0 amide bonds. The van der Waals surface area contributed by atoms with Crippen molar-refractivity contribution in [2.75, 3.05) is 22.6 Å². The fourth-order valence-electron chi connectivity index (χ4n) is 4.16. The van der Waals surface area contributed by atoms with Crippen LogP contribution in [0, 0.1) is 11.9 Å². The van der Waals surface area contributed by atoms with Crippen LogP contribution in [0.3, 0.4) is 0 Å². The molecule has 0 aliphatic rings. The molecule has 0 unspecified atom stereocenters. The number of fused-ring (bicyclic) bond motifs is 1. The maximum absolute atomic E-state index is 14.4. The Kier molecular flexibility index (Phi) is 6.35. The van der Waals surface area contributed by atoms with Gasteiger partial charge in [0.05, 0.1) is 11.3 Å². The molecule has 0 radical (unpaired) electrons. The second-order valence-corrected chi connectivity index (χ2v) is 11.8. The normalized spacial score (nSPS) is 15.2. The third-order valence-electron chi connectivity index (χ3n) is 6.18. The largest absolute Gasteiger partial charge is 0.382 e. The van der Waals surface area contributed by atoms with Gasteiger partial charge in [-0.25, -0.2) is 23.4 Å². The van der Waals surface area contributed by atoms with E-state index < -0.39 is 22.8 Å². The average Bonchev–Trinajstić information content (AvgIpc) is 3.25. The lowest BCUT2D eigenvalue weighted by Crippen LogP contribution is -2.29. The van der Waals surface area contributed by atoms with Gasteiger partial charge in [-0.05, 0) is 47.9 Å². The van der Waals surface area contributed by atoms with Crippen LogP contribution >= 0.6 is 0 Å². The molecule has 2 atom stereocenters. The zero-order valence-electron chi connectivity index (χ0n) is 24.3. The number of benzene rings is 1. The monoisotopic (exact) mass is 528 g/mol. The number of pyridine rings is 1. The van der Waals surface area contributed by atoms with Gasteiger partial charge in [0.15, 0.2) is 5.82 Å². The molecular weight excluding hydrogens is 493 g/mol. The molecule has 0 saturated carbocycles. The van der Waals surface area contributed by atoms with Crippen LogP contribution in [0.2, 0.25) is 0 Å². The molecule has 4 rings (SSSR count). The van der Waals surface area contributed by atoms with E-state index in [0.717, 1.165) is 28.2 Å². The zero-order chi connectivity index (χ0) is 29.4. The topological polar surface area (TPSA) is 115 Å². The first-order chi connectivity index (χ1) is 18.6. The summed E-state index contributed by atoms with van der Waals surface area (Å²) in [6, 6.07) is 7.42. The van der Waals surface area contributed by atoms with Crippen molar-refractivity contribution in [3.63, 3.8) is 0 Å². The Balaban J connectivity index is 1.65. The number of hydrogen-bond acceptors (Lipinski definition) is 8. The van der Waals surface area contributed by atoms with E-state index in [9.17, 15) is 12.8 Å². The number of hydrogen-bond donors (Lipinski definition) is 2. The van der Waals surface area contributed by atoms with E-state index in [0.29, 0.717) is 16.3 Å². The van der Waals surface area contributed by atoms with E-state index in [-0.39, 0.29) is 35.0 Å². The Labute approximate surface area is 220 Å². The van der Waals surface area contributed by atoms with E-state index >= 15 is 0 Å². The van der Waals surface area contributed by atoms with Gasteiger partial charge < -0.3 is 10.6 Å². The summed E-state index contributed by atoms with van der Waals surface area (Å²) >= 11 is 0. The summed E-state index contributed by atoms with van der Waals surface area (Å²) in [4.78, 5) is 13.0. The highest BCUT2D eigenvalue weighted by Gasteiger charge is 2.19. The lowest BCUT2D eigenvalue weighted by Gasteiger charge is -2.23. The molecule has 4 aromatic rings. The third-order valence-corrected chi connectivity index (χ3v) is 7.31. The van der Waals surface area contributed by atoms with Crippen molar-refractivity contribution in [3.05, 3.63) is 54.4 Å². The molecule has 2 N–H and O–H groups in total. The van der Waals surface area contributed by atoms with Crippen LogP contribution in [0.1, 0.15) is 43.3 Å². The minimum Gasteiger partial charge on any atom is -0.382 e. The van der Waals surface area contributed by atoms with Crippen molar-refractivity contribution in [1.82, 2.24) is 24.7 Å². The van der Waals surface area contributed by atoms with E-state index in [1.54, 1.807) is 12.3 Å². The highest BCUT2D eigenvalue weighted by molar-refractivity contribution is 7.90. The van der Waals surface area contributed by atoms with Crippen LogP contribution in [0.4, 0.5) is 21.7 Å². The molecule has 37 heavy (non-hydrogen) atoms. The number of rotatable bonds is 9. The van der Waals surface area contributed by atoms with Crippen LogP contribution in [-0.2, 0) is 16.8 Å². The minimum atomic E-state index is -3.11. The van der Waals surface area contributed by atoms with E-state index in [2.05, 4.69) is 44.5 Å². The molecule has 1 aromatic carbocycles. The average molecular weight is 529 g/mol. The Hall–Kier alpha value is -3.60. The Morgan fingerprint density at radius 2 is 1.89 bits per heavy atom. The first-order valence-corrected chi connectivity index (χ1v) is 13.9. The lowest BCUT2D eigenvalue weighted by molar-refractivity contribution is 0.538. The SMILES string of the molecule is [2H]C([2H])([2H])n1cc(-c2nccc(Nc3cc4c(C(C)C)ccc(N[C@H](C)[C@H](C)CS(C)(=O)=O)c4cn3)n2)c(F)n1. The smallest absolute Gasteiger partial charge is 0.243 e. The summed E-state index contributed by atoms with van der Waals surface area (Å²) in [7, 11) is -3.11. The Morgan fingerprint density at radius 1 is 1.11 bits per heavy atom.